The van der Waals surface area contributed by atoms with Crippen LogP contribution in [-0.4, -0.2) is 25.8 Å². The monoisotopic (exact) mass is 497 g/mol. The molecule has 0 bridgehead atoms. The summed E-state index contributed by atoms with van der Waals surface area (Å²) in [5, 5.41) is 4.23. The highest BCUT2D eigenvalue weighted by Crippen LogP contribution is 2.44. The van der Waals surface area contributed by atoms with Crippen molar-refractivity contribution in [2.24, 2.45) is 0 Å². The summed E-state index contributed by atoms with van der Waals surface area (Å²) in [6.07, 6.45) is 3.81. The fourth-order valence-electron chi connectivity index (χ4n) is 4.99. The van der Waals surface area contributed by atoms with Gasteiger partial charge in [0.25, 0.3) is 0 Å². The molecule has 3 aromatic heterocycles. The molecule has 184 valence electrons. The first kappa shape index (κ1) is 24.0. The van der Waals surface area contributed by atoms with Gasteiger partial charge in [-0.1, -0.05) is 6.07 Å². The van der Waals surface area contributed by atoms with Crippen LogP contribution in [0, 0.1) is 20.8 Å². The van der Waals surface area contributed by atoms with Crippen molar-refractivity contribution in [1.29, 1.82) is 0 Å². The van der Waals surface area contributed by atoms with E-state index >= 15 is 0 Å². The summed E-state index contributed by atoms with van der Waals surface area (Å²) in [7, 11) is 0. The van der Waals surface area contributed by atoms with E-state index in [1.165, 1.54) is 11.1 Å². The Morgan fingerprint density at radius 2 is 1.72 bits per heavy atom. The summed E-state index contributed by atoms with van der Waals surface area (Å²) in [4.78, 5) is 11.5. The maximum Gasteiger partial charge on any atom is 0.174 e. The molecule has 1 aromatic carbocycles. The van der Waals surface area contributed by atoms with Gasteiger partial charge in [-0.25, -0.2) is 4.98 Å². The van der Waals surface area contributed by atoms with Crippen LogP contribution < -0.4 is 15.0 Å². The number of anilines is 1. The van der Waals surface area contributed by atoms with Crippen molar-refractivity contribution in [2.45, 2.75) is 52.8 Å². The van der Waals surface area contributed by atoms with Gasteiger partial charge in [-0.05, 0) is 113 Å². The SMILES string of the molecule is Cc1ccnc(-n2c(C)cc([C@H]3[C@@H](c4ccccn4)NC(=S)N3c3ccc(OC(C)C)cc3)c2C)c1. The van der Waals surface area contributed by atoms with Gasteiger partial charge in [0.15, 0.2) is 5.11 Å². The van der Waals surface area contributed by atoms with Crippen molar-refractivity contribution in [3.8, 4) is 11.6 Å². The molecule has 7 heteroatoms. The third-order valence-electron chi connectivity index (χ3n) is 6.50. The summed E-state index contributed by atoms with van der Waals surface area (Å²) in [6.45, 7) is 10.4. The van der Waals surface area contributed by atoms with Crippen molar-refractivity contribution >= 4 is 23.0 Å². The third kappa shape index (κ3) is 4.46. The number of nitrogens with one attached hydrogen (secondary N) is 1. The molecule has 1 N–H and O–H groups in total. The zero-order valence-corrected chi connectivity index (χ0v) is 22.1. The zero-order valence-electron chi connectivity index (χ0n) is 21.3. The van der Waals surface area contributed by atoms with Gasteiger partial charge in [0.1, 0.15) is 11.6 Å². The van der Waals surface area contributed by atoms with E-state index in [1.807, 2.05) is 56.6 Å². The van der Waals surface area contributed by atoms with E-state index in [2.05, 4.69) is 75.9 Å². The van der Waals surface area contributed by atoms with Gasteiger partial charge in [0, 0.05) is 29.5 Å². The molecule has 36 heavy (non-hydrogen) atoms. The van der Waals surface area contributed by atoms with E-state index in [9.17, 15) is 0 Å². The van der Waals surface area contributed by atoms with Crippen LogP contribution in [0.1, 0.15) is 54.1 Å². The lowest BCUT2D eigenvalue weighted by Gasteiger charge is -2.28. The number of ether oxygens (including phenoxy) is 1. The molecule has 5 rings (SSSR count). The normalized spacial score (nSPS) is 17.5. The largest absolute Gasteiger partial charge is 0.491 e. The Labute approximate surface area is 218 Å². The average molecular weight is 498 g/mol. The minimum Gasteiger partial charge on any atom is -0.491 e. The van der Waals surface area contributed by atoms with Gasteiger partial charge in [0.05, 0.1) is 23.9 Å². The summed E-state index contributed by atoms with van der Waals surface area (Å²) in [5.41, 5.74) is 6.57. The molecule has 0 unspecified atom stereocenters. The topological polar surface area (TPSA) is 55.2 Å². The molecule has 1 saturated heterocycles. The smallest absolute Gasteiger partial charge is 0.174 e. The first-order chi connectivity index (χ1) is 17.3. The van der Waals surface area contributed by atoms with Crippen LogP contribution in [0.4, 0.5) is 5.69 Å². The molecule has 4 heterocycles. The second kappa shape index (κ2) is 9.74. The molecule has 1 fully saturated rings. The Morgan fingerprint density at radius 1 is 0.944 bits per heavy atom. The van der Waals surface area contributed by atoms with Gasteiger partial charge in [0.2, 0.25) is 0 Å². The van der Waals surface area contributed by atoms with Crippen molar-refractivity contribution in [1.82, 2.24) is 19.9 Å². The highest BCUT2D eigenvalue weighted by atomic mass is 32.1. The first-order valence-electron chi connectivity index (χ1n) is 12.2. The summed E-state index contributed by atoms with van der Waals surface area (Å²) in [5.74, 6) is 1.76. The Balaban J connectivity index is 1.63. The molecule has 1 aliphatic heterocycles. The molecule has 0 amide bonds. The van der Waals surface area contributed by atoms with Crippen LogP contribution in [0.5, 0.6) is 5.75 Å². The van der Waals surface area contributed by atoms with Gasteiger partial charge in [-0.3, -0.25) is 4.98 Å². The predicted octanol–water partition coefficient (Wildman–Crippen LogP) is 6.16. The van der Waals surface area contributed by atoms with Crippen LogP contribution in [-0.2, 0) is 0 Å². The number of thiocarbonyl (C=S) groups is 1. The number of nitrogens with zero attached hydrogens (tertiary/aromatic N) is 4. The lowest BCUT2D eigenvalue weighted by atomic mass is 9.96. The number of pyridine rings is 2. The summed E-state index contributed by atoms with van der Waals surface area (Å²) in [6, 6.07) is 20.3. The summed E-state index contributed by atoms with van der Waals surface area (Å²) >= 11 is 5.91. The minimum atomic E-state index is -0.107. The number of benzene rings is 1. The number of rotatable bonds is 6. The van der Waals surface area contributed by atoms with Gasteiger partial charge >= 0.3 is 0 Å². The van der Waals surface area contributed by atoms with Crippen LogP contribution >= 0.6 is 12.2 Å². The summed E-state index contributed by atoms with van der Waals surface area (Å²) < 4.78 is 8.09. The molecule has 0 radical (unpaired) electrons. The predicted molar refractivity (Wildman–Crippen MR) is 148 cm³/mol. The van der Waals surface area contributed by atoms with Crippen molar-refractivity contribution in [3.05, 3.63) is 101 Å². The number of aryl methyl sites for hydroxylation is 2. The molecular weight excluding hydrogens is 466 g/mol. The fraction of sp³-hybridized carbons (Fsp3) is 0.276. The minimum absolute atomic E-state index is 0.0889. The van der Waals surface area contributed by atoms with E-state index in [1.54, 1.807) is 0 Å². The van der Waals surface area contributed by atoms with E-state index in [4.69, 9.17) is 17.0 Å². The maximum absolute atomic E-state index is 5.91. The van der Waals surface area contributed by atoms with E-state index < -0.39 is 0 Å². The molecule has 2 atom stereocenters. The zero-order chi connectivity index (χ0) is 25.4. The van der Waals surface area contributed by atoms with Crippen LogP contribution in [0.25, 0.3) is 5.82 Å². The molecule has 0 saturated carbocycles. The first-order valence-corrected chi connectivity index (χ1v) is 12.6. The maximum atomic E-state index is 5.91. The van der Waals surface area contributed by atoms with Crippen LogP contribution in [0.15, 0.2) is 73.1 Å². The van der Waals surface area contributed by atoms with Crippen LogP contribution in [0.2, 0.25) is 0 Å². The second-order valence-electron chi connectivity index (χ2n) is 9.51. The fourth-order valence-corrected chi connectivity index (χ4v) is 5.33. The Kier molecular flexibility index (Phi) is 6.49. The number of hydrogen-bond donors (Lipinski definition) is 1. The number of hydrogen-bond acceptors (Lipinski definition) is 4. The molecule has 4 aromatic rings. The van der Waals surface area contributed by atoms with Crippen molar-refractivity contribution < 1.29 is 4.74 Å². The lowest BCUT2D eigenvalue weighted by Crippen LogP contribution is -2.29. The molecule has 1 aliphatic rings. The number of aromatic nitrogens is 3. The van der Waals surface area contributed by atoms with Crippen molar-refractivity contribution in [2.75, 3.05) is 4.90 Å². The quantitative estimate of drug-likeness (QED) is 0.322. The Bertz CT molecular complexity index is 1380. The van der Waals surface area contributed by atoms with E-state index in [0.29, 0.717) is 5.11 Å². The van der Waals surface area contributed by atoms with Crippen LogP contribution in [0.3, 0.4) is 0 Å². The second-order valence-corrected chi connectivity index (χ2v) is 9.90. The van der Waals surface area contributed by atoms with Gasteiger partial charge in [-0.2, -0.15) is 0 Å². The average Bonchev–Trinajstić information content (AvgIpc) is 3.35. The lowest BCUT2D eigenvalue weighted by molar-refractivity contribution is 0.242. The highest BCUT2D eigenvalue weighted by molar-refractivity contribution is 7.80. The molecule has 0 spiro atoms. The van der Waals surface area contributed by atoms with E-state index in [0.717, 1.165) is 34.3 Å². The Morgan fingerprint density at radius 3 is 2.39 bits per heavy atom. The standard InChI is InChI=1S/C29H31N5OS/c1-18(2)35-23-11-9-22(10-12-23)34-28(27(32-29(34)36)25-8-6-7-14-30-25)24-17-20(4)33(21(24)5)26-16-19(3)13-15-31-26/h6-18,27-28H,1-5H3,(H,32,36)/t27-,28+/m1/s1. The van der Waals surface area contributed by atoms with Crippen molar-refractivity contribution in [3.63, 3.8) is 0 Å². The molecule has 6 nitrogen and oxygen atoms in total. The molecular formula is C29H31N5OS. The third-order valence-corrected chi connectivity index (χ3v) is 6.82. The highest BCUT2D eigenvalue weighted by Gasteiger charge is 2.42. The van der Waals surface area contributed by atoms with Gasteiger partial charge in [-0.15, -0.1) is 0 Å². The molecule has 0 aliphatic carbocycles. The van der Waals surface area contributed by atoms with E-state index in [-0.39, 0.29) is 18.2 Å². The van der Waals surface area contributed by atoms with Gasteiger partial charge < -0.3 is 19.5 Å². The Hall–Kier alpha value is -3.71.